The normalized spacial score (nSPS) is 12.2. The Kier molecular flexibility index (Phi) is 5.36. The van der Waals surface area contributed by atoms with E-state index in [9.17, 15) is 4.79 Å². The lowest BCUT2D eigenvalue weighted by Gasteiger charge is -2.13. The third-order valence-electron chi connectivity index (χ3n) is 4.88. The number of fused-ring (bicyclic) bond motifs is 1. The van der Waals surface area contributed by atoms with E-state index in [1.807, 2.05) is 30.3 Å². The van der Waals surface area contributed by atoms with Crippen molar-refractivity contribution in [2.45, 2.75) is 25.8 Å². The fourth-order valence-corrected chi connectivity index (χ4v) is 3.49. The maximum absolute atomic E-state index is 12.7. The van der Waals surface area contributed by atoms with Gasteiger partial charge in [0.15, 0.2) is 0 Å². The van der Waals surface area contributed by atoms with Gasteiger partial charge in [0, 0.05) is 18.1 Å². The van der Waals surface area contributed by atoms with E-state index in [1.165, 1.54) is 5.56 Å². The number of carbonyl (C=O) groups is 1. The van der Waals surface area contributed by atoms with Crippen molar-refractivity contribution < 1.29 is 9.32 Å². The first-order valence-corrected chi connectivity index (χ1v) is 9.77. The van der Waals surface area contributed by atoms with Gasteiger partial charge in [-0.05, 0) is 36.1 Å². The Balaban J connectivity index is 1.42. The molecule has 148 valence electrons. The summed E-state index contributed by atoms with van der Waals surface area (Å²) in [6.45, 7) is 2.45. The topological polar surface area (TPSA) is 75.0 Å². The molecule has 0 bridgehead atoms. The zero-order valence-corrected chi connectivity index (χ0v) is 17.0. The van der Waals surface area contributed by atoms with Gasteiger partial charge in [-0.3, -0.25) is 4.79 Å². The summed E-state index contributed by atoms with van der Waals surface area (Å²) in [5.41, 5.74) is 3.63. The van der Waals surface area contributed by atoms with Crippen molar-refractivity contribution >= 4 is 28.5 Å². The van der Waals surface area contributed by atoms with Gasteiger partial charge in [0.1, 0.15) is 5.82 Å². The Hall–Kier alpha value is -3.12. The van der Waals surface area contributed by atoms with Gasteiger partial charge in [-0.25, -0.2) is 4.98 Å². The zero-order valence-electron chi connectivity index (χ0n) is 16.2. The molecule has 1 N–H and O–H groups in total. The molecule has 4 rings (SSSR count). The lowest BCUT2D eigenvalue weighted by atomic mass is 9.96. The fraction of sp³-hybridized carbons (Fsp3) is 0.227. The number of rotatable bonds is 6. The number of H-pyrrole nitrogens is 1. The average molecular weight is 409 g/mol. The molecule has 0 fully saturated rings. The molecular weight excluding hydrogens is 388 g/mol. The third kappa shape index (κ3) is 4.32. The summed E-state index contributed by atoms with van der Waals surface area (Å²) < 4.78 is 5.31. The Morgan fingerprint density at radius 1 is 1.21 bits per heavy atom. The van der Waals surface area contributed by atoms with Gasteiger partial charge in [-0.15, -0.1) is 0 Å². The largest absolute Gasteiger partial charge is 0.351 e. The summed E-state index contributed by atoms with van der Waals surface area (Å²) in [7, 11) is 1.71. The highest BCUT2D eigenvalue weighted by atomic mass is 35.5. The van der Waals surface area contributed by atoms with E-state index in [0.717, 1.165) is 16.7 Å². The van der Waals surface area contributed by atoms with Crippen LogP contribution in [0.25, 0.3) is 11.0 Å². The van der Waals surface area contributed by atoms with Crippen LogP contribution in [0.15, 0.2) is 59.1 Å². The number of halogens is 1. The number of benzene rings is 2. The number of aromatic amines is 1. The number of nitrogens with one attached hydrogen (secondary N) is 1. The second-order valence-electron chi connectivity index (χ2n) is 7.20. The summed E-state index contributed by atoms with van der Waals surface area (Å²) in [6, 6.07) is 17.4. The lowest BCUT2D eigenvalue weighted by Crippen LogP contribution is -2.26. The molecule has 1 amide bonds. The van der Waals surface area contributed by atoms with Crippen molar-refractivity contribution in [3.8, 4) is 0 Å². The van der Waals surface area contributed by atoms with Crippen LogP contribution in [0.1, 0.15) is 40.5 Å². The summed E-state index contributed by atoms with van der Waals surface area (Å²) in [5, 5.41) is 4.71. The molecule has 0 saturated heterocycles. The van der Waals surface area contributed by atoms with Gasteiger partial charge >= 0.3 is 0 Å². The molecule has 4 aromatic rings. The number of amides is 1. The number of aromatic nitrogens is 3. The molecule has 0 radical (unpaired) electrons. The summed E-state index contributed by atoms with van der Waals surface area (Å²) in [6.07, 6.45) is 0.703. The van der Waals surface area contributed by atoms with Crippen molar-refractivity contribution in [2.75, 3.05) is 7.05 Å². The first-order chi connectivity index (χ1) is 14.0. The van der Waals surface area contributed by atoms with Gasteiger partial charge < -0.3 is 14.4 Å². The van der Waals surface area contributed by atoms with Crippen LogP contribution in [-0.4, -0.2) is 33.0 Å². The molecule has 7 heteroatoms. The molecule has 0 spiro atoms. The van der Waals surface area contributed by atoms with Crippen LogP contribution >= 0.6 is 11.6 Å². The molecule has 1 atom stereocenters. The maximum Gasteiger partial charge on any atom is 0.292 e. The van der Waals surface area contributed by atoms with Crippen LogP contribution in [0.3, 0.4) is 0 Å². The summed E-state index contributed by atoms with van der Waals surface area (Å²) >= 11 is 6.01. The molecule has 2 heterocycles. The Morgan fingerprint density at radius 3 is 2.79 bits per heavy atom. The maximum atomic E-state index is 12.7. The van der Waals surface area contributed by atoms with Crippen molar-refractivity contribution in [1.29, 1.82) is 0 Å². The van der Waals surface area contributed by atoms with Crippen LogP contribution < -0.4 is 0 Å². The molecule has 29 heavy (non-hydrogen) atoms. The van der Waals surface area contributed by atoms with E-state index in [1.54, 1.807) is 24.1 Å². The Bertz CT molecular complexity index is 1140. The van der Waals surface area contributed by atoms with Crippen molar-refractivity contribution in [2.24, 2.45) is 0 Å². The monoisotopic (exact) mass is 408 g/mol. The highest BCUT2D eigenvalue weighted by Crippen LogP contribution is 2.21. The van der Waals surface area contributed by atoms with E-state index >= 15 is 0 Å². The van der Waals surface area contributed by atoms with Crippen molar-refractivity contribution in [3.63, 3.8) is 0 Å². The van der Waals surface area contributed by atoms with Crippen LogP contribution in [0.4, 0.5) is 0 Å². The predicted molar refractivity (Wildman–Crippen MR) is 112 cm³/mol. The van der Waals surface area contributed by atoms with Crippen molar-refractivity contribution in [1.82, 2.24) is 20.0 Å². The van der Waals surface area contributed by atoms with E-state index in [0.29, 0.717) is 23.8 Å². The summed E-state index contributed by atoms with van der Waals surface area (Å²) in [4.78, 5) is 21.9. The third-order valence-corrected chi connectivity index (χ3v) is 5.12. The Labute approximate surface area is 173 Å². The molecule has 0 aliphatic rings. The number of hydrogen-bond donors (Lipinski definition) is 1. The zero-order chi connectivity index (χ0) is 20.4. The smallest absolute Gasteiger partial charge is 0.292 e. The molecular formula is C22H21ClN4O2. The highest BCUT2D eigenvalue weighted by molar-refractivity contribution is 6.31. The minimum atomic E-state index is -0.241. The summed E-state index contributed by atoms with van der Waals surface area (Å²) in [5.74, 6) is 0.941. The number of nitrogens with zero attached hydrogens (tertiary/aromatic N) is 3. The van der Waals surface area contributed by atoms with Crippen LogP contribution in [-0.2, 0) is 13.0 Å². The van der Waals surface area contributed by atoms with Crippen LogP contribution in [0.5, 0.6) is 0 Å². The Morgan fingerprint density at radius 2 is 2.00 bits per heavy atom. The minimum Gasteiger partial charge on any atom is -0.351 e. The molecule has 1 unspecified atom stereocenters. The molecule has 0 aliphatic carbocycles. The predicted octanol–water partition coefficient (Wildman–Crippen LogP) is 4.82. The second kappa shape index (κ2) is 8.09. The molecule has 6 nitrogen and oxygen atoms in total. The second-order valence-corrected chi connectivity index (χ2v) is 7.64. The van der Waals surface area contributed by atoms with E-state index < -0.39 is 0 Å². The van der Waals surface area contributed by atoms with E-state index in [2.05, 4.69) is 34.2 Å². The number of imidazole rings is 1. The molecule has 0 aliphatic heterocycles. The van der Waals surface area contributed by atoms with Crippen LogP contribution in [0, 0.1) is 0 Å². The van der Waals surface area contributed by atoms with E-state index in [4.69, 9.17) is 16.1 Å². The number of hydrogen-bond acceptors (Lipinski definition) is 4. The fourth-order valence-electron chi connectivity index (χ4n) is 3.32. The van der Waals surface area contributed by atoms with Gasteiger partial charge in [0.05, 0.1) is 23.3 Å². The van der Waals surface area contributed by atoms with Gasteiger partial charge in [0.2, 0.25) is 5.76 Å². The average Bonchev–Trinajstić information content (AvgIpc) is 3.34. The van der Waals surface area contributed by atoms with Crippen LogP contribution in [0.2, 0.25) is 5.02 Å². The molecule has 0 saturated carbocycles. The van der Waals surface area contributed by atoms with Gasteiger partial charge in [0.25, 0.3) is 5.91 Å². The molecule has 2 aromatic heterocycles. The van der Waals surface area contributed by atoms with Gasteiger partial charge in [-0.1, -0.05) is 54.0 Å². The van der Waals surface area contributed by atoms with Gasteiger partial charge in [-0.2, -0.15) is 0 Å². The highest BCUT2D eigenvalue weighted by Gasteiger charge is 2.20. The standard InChI is InChI=1S/C22H21ClN4O2/c1-14(15-6-4-3-5-7-15)10-17-12-20(29-26-17)22(28)27(2)13-21-24-18-9-8-16(23)11-19(18)25-21/h3-9,11-12,14H,10,13H2,1-2H3,(H,24,25). The first-order valence-electron chi connectivity index (χ1n) is 9.40. The van der Waals surface area contributed by atoms with Crippen molar-refractivity contribution in [3.05, 3.63) is 82.5 Å². The molecule has 2 aromatic carbocycles. The first kappa shape index (κ1) is 19.2. The SMILES string of the molecule is CC(Cc1cc(C(=O)N(C)Cc2nc3ccc(Cl)cc3[nH]2)on1)c1ccccc1. The quantitative estimate of drug-likeness (QED) is 0.496. The lowest BCUT2D eigenvalue weighted by molar-refractivity contribution is 0.0740. The van der Waals surface area contributed by atoms with E-state index in [-0.39, 0.29) is 17.6 Å². The minimum absolute atomic E-state index is 0.224. The number of carbonyl (C=O) groups excluding carboxylic acids is 1.